The van der Waals surface area contributed by atoms with E-state index >= 15 is 0 Å². The molecule has 0 aliphatic heterocycles. The van der Waals surface area contributed by atoms with Crippen molar-refractivity contribution in [1.29, 1.82) is 0 Å². The smallest absolute Gasteiger partial charge is 0.243 e. The number of nitrogens with zero attached hydrogens (tertiary/aromatic N) is 1. The fraction of sp³-hybridized carbons (Fsp3) is 0.381. The number of benzene rings is 2. The molecule has 1 saturated carbocycles. The fourth-order valence-electron chi connectivity index (χ4n) is 3.45. The minimum Gasteiger partial charge on any atom is -0.352 e. The first-order chi connectivity index (χ1) is 13.4. The molecule has 7 heteroatoms. The Labute approximate surface area is 171 Å². The number of hydrogen-bond donors (Lipinski definition) is 1. The molecule has 0 radical (unpaired) electrons. The Morgan fingerprint density at radius 2 is 1.64 bits per heavy atom. The Morgan fingerprint density at radius 3 is 2.29 bits per heavy atom. The Hall–Kier alpha value is -1.89. The Bertz CT molecular complexity index is 880. The molecule has 1 aliphatic rings. The summed E-state index contributed by atoms with van der Waals surface area (Å²) in [6, 6.07) is 15.4. The van der Waals surface area contributed by atoms with Crippen molar-refractivity contribution in [3.8, 4) is 0 Å². The maximum absolute atomic E-state index is 13.2. The maximum atomic E-state index is 13.2. The SMILES string of the molecule is O=C(CN(Cc1ccccc1)S(=O)(=O)c1ccc(Cl)cc1)NC1CCCCC1. The minimum atomic E-state index is -3.84. The summed E-state index contributed by atoms with van der Waals surface area (Å²) < 4.78 is 27.6. The van der Waals surface area contributed by atoms with E-state index in [4.69, 9.17) is 11.6 Å². The van der Waals surface area contributed by atoms with Gasteiger partial charge in [0.05, 0.1) is 11.4 Å². The van der Waals surface area contributed by atoms with E-state index in [-0.39, 0.29) is 29.9 Å². The Kier molecular flexibility index (Phi) is 7.10. The van der Waals surface area contributed by atoms with Gasteiger partial charge in [-0.2, -0.15) is 4.31 Å². The average molecular weight is 421 g/mol. The fourth-order valence-corrected chi connectivity index (χ4v) is 4.96. The lowest BCUT2D eigenvalue weighted by Gasteiger charge is -2.26. The molecule has 0 unspecified atom stereocenters. The topological polar surface area (TPSA) is 66.5 Å². The van der Waals surface area contributed by atoms with Gasteiger partial charge >= 0.3 is 0 Å². The monoisotopic (exact) mass is 420 g/mol. The van der Waals surface area contributed by atoms with Crippen molar-refractivity contribution in [2.75, 3.05) is 6.54 Å². The number of carbonyl (C=O) groups excluding carboxylic acids is 1. The number of rotatable bonds is 7. The number of amides is 1. The van der Waals surface area contributed by atoms with Gasteiger partial charge in [-0.25, -0.2) is 8.42 Å². The second-order valence-corrected chi connectivity index (χ2v) is 9.49. The van der Waals surface area contributed by atoms with Gasteiger partial charge in [-0.15, -0.1) is 0 Å². The number of carbonyl (C=O) groups is 1. The predicted octanol–water partition coefficient (Wildman–Crippen LogP) is 3.98. The van der Waals surface area contributed by atoms with Crippen LogP contribution in [0.3, 0.4) is 0 Å². The van der Waals surface area contributed by atoms with Gasteiger partial charge in [0, 0.05) is 17.6 Å². The molecule has 0 spiro atoms. The first-order valence-corrected chi connectivity index (χ1v) is 11.4. The lowest BCUT2D eigenvalue weighted by atomic mass is 9.95. The predicted molar refractivity (Wildman–Crippen MR) is 111 cm³/mol. The molecule has 0 atom stereocenters. The van der Waals surface area contributed by atoms with E-state index < -0.39 is 10.0 Å². The van der Waals surface area contributed by atoms with Crippen molar-refractivity contribution in [3.05, 3.63) is 65.2 Å². The highest BCUT2D eigenvalue weighted by molar-refractivity contribution is 7.89. The molecule has 0 bridgehead atoms. The van der Waals surface area contributed by atoms with Gasteiger partial charge in [0.25, 0.3) is 0 Å². The number of nitrogens with one attached hydrogen (secondary N) is 1. The van der Waals surface area contributed by atoms with Crippen LogP contribution in [0.2, 0.25) is 5.02 Å². The van der Waals surface area contributed by atoms with Crippen molar-refractivity contribution >= 4 is 27.5 Å². The van der Waals surface area contributed by atoms with Gasteiger partial charge < -0.3 is 5.32 Å². The maximum Gasteiger partial charge on any atom is 0.243 e. The van der Waals surface area contributed by atoms with Crippen molar-refractivity contribution in [2.24, 2.45) is 0 Å². The van der Waals surface area contributed by atoms with Gasteiger partial charge in [0.2, 0.25) is 15.9 Å². The first-order valence-electron chi connectivity index (χ1n) is 9.54. The lowest BCUT2D eigenvalue weighted by Crippen LogP contribution is -2.44. The molecular formula is C21H25ClN2O3S. The third-order valence-electron chi connectivity index (χ3n) is 4.94. The molecule has 28 heavy (non-hydrogen) atoms. The second-order valence-electron chi connectivity index (χ2n) is 7.12. The molecular weight excluding hydrogens is 396 g/mol. The summed E-state index contributed by atoms with van der Waals surface area (Å²) in [4.78, 5) is 12.7. The van der Waals surface area contributed by atoms with Crippen LogP contribution >= 0.6 is 11.6 Å². The van der Waals surface area contributed by atoms with Crippen LogP contribution in [-0.2, 0) is 21.4 Å². The van der Waals surface area contributed by atoms with Gasteiger partial charge in [-0.3, -0.25) is 4.79 Å². The largest absolute Gasteiger partial charge is 0.352 e. The van der Waals surface area contributed by atoms with Gasteiger partial charge in [0.15, 0.2) is 0 Å². The van der Waals surface area contributed by atoms with E-state index in [0.717, 1.165) is 31.2 Å². The number of sulfonamides is 1. The highest BCUT2D eigenvalue weighted by Crippen LogP contribution is 2.21. The number of halogens is 1. The molecule has 2 aromatic carbocycles. The highest BCUT2D eigenvalue weighted by Gasteiger charge is 2.28. The Morgan fingerprint density at radius 1 is 1.00 bits per heavy atom. The Balaban J connectivity index is 1.79. The average Bonchev–Trinajstić information content (AvgIpc) is 2.69. The standard InChI is InChI=1S/C21H25ClN2O3S/c22-18-11-13-20(14-12-18)28(26,27)24(15-17-7-3-1-4-8-17)16-21(25)23-19-9-5-2-6-10-19/h1,3-4,7-8,11-14,19H,2,5-6,9-10,15-16H2,(H,23,25). The zero-order chi connectivity index (χ0) is 20.0. The molecule has 1 fully saturated rings. The van der Waals surface area contributed by atoms with Crippen LogP contribution < -0.4 is 5.32 Å². The van der Waals surface area contributed by atoms with E-state index in [0.29, 0.717) is 5.02 Å². The van der Waals surface area contributed by atoms with E-state index in [1.807, 2.05) is 30.3 Å². The lowest BCUT2D eigenvalue weighted by molar-refractivity contribution is -0.122. The van der Waals surface area contributed by atoms with Crippen LogP contribution in [0.4, 0.5) is 0 Å². The minimum absolute atomic E-state index is 0.123. The second kappa shape index (κ2) is 9.54. The van der Waals surface area contributed by atoms with Crippen LogP contribution in [0.15, 0.2) is 59.5 Å². The molecule has 0 saturated heterocycles. The van der Waals surface area contributed by atoms with Gasteiger partial charge in [0.1, 0.15) is 0 Å². The molecule has 3 rings (SSSR count). The molecule has 1 N–H and O–H groups in total. The van der Waals surface area contributed by atoms with Gasteiger partial charge in [-0.1, -0.05) is 61.2 Å². The summed E-state index contributed by atoms with van der Waals surface area (Å²) in [7, 11) is -3.84. The summed E-state index contributed by atoms with van der Waals surface area (Å²) >= 11 is 5.89. The van der Waals surface area contributed by atoms with Crippen LogP contribution in [0.5, 0.6) is 0 Å². The molecule has 0 aromatic heterocycles. The third-order valence-corrected chi connectivity index (χ3v) is 7.00. The first kappa shape index (κ1) is 20.8. The van der Waals surface area contributed by atoms with E-state index in [2.05, 4.69) is 5.32 Å². The van der Waals surface area contributed by atoms with E-state index in [1.54, 1.807) is 0 Å². The molecule has 5 nitrogen and oxygen atoms in total. The number of hydrogen-bond acceptors (Lipinski definition) is 3. The molecule has 1 amide bonds. The quantitative estimate of drug-likeness (QED) is 0.736. The molecule has 2 aromatic rings. The summed E-state index contributed by atoms with van der Waals surface area (Å²) in [5.74, 6) is -0.264. The summed E-state index contributed by atoms with van der Waals surface area (Å²) in [5.41, 5.74) is 0.825. The van der Waals surface area contributed by atoms with Crippen LogP contribution in [0, 0.1) is 0 Å². The molecule has 1 aliphatic carbocycles. The van der Waals surface area contributed by atoms with Crippen molar-refractivity contribution in [2.45, 2.75) is 49.6 Å². The van der Waals surface area contributed by atoms with Gasteiger partial charge in [-0.05, 0) is 42.7 Å². The van der Waals surface area contributed by atoms with Crippen LogP contribution in [0.25, 0.3) is 0 Å². The normalized spacial score (nSPS) is 15.5. The van der Waals surface area contributed by atoms with Crippen LogP contribution in [-0.4, -0.2) is 31.2 Å². The van der Waals surface area contributed by atoms with Crippen molar-refractivity contribution in [1.82, 2.24) is 9.62 Å². The summed E-state index contributed by atoms with van der Waals surface area (Å²) in [6.45, 7) is -0.0831. The summed E-state index contributed by atoms with van der Waals surface area (Å²) in [5, 5.41) is 3.46. The van der Waals surface area contributed by atoms with E-state index in [1.165, 1.54) is 35.0 Å². The van der Waals surface area contributed by atoms with E-state index in [9.17, 15) is 13.2 Å². The third kappa shape index (κ3) is 5.56. The molecule has 0 heterocycles. The van der Waals surface area contributed by atoms with Crippen molar-refractivity contribution < 1.29 is 13.2 Å². The van der Waals surface area contributed by atoms with Crippen molar-refractivity contribution in [3.63, 3.8) is 0 Å². The van der Waals surface area contributed by atoms with Crippen LogP contribution in [0.1, 0.15) is 37.7 Å². The zero-order valence-electron chi connectivity index (χ0n) is 15.7. The molecule has 150 valence electrons. The summed E-state index contributed by atoms with van der Waals surface area (Å²) in [6.07, 6.45) is 5.30. The highest BCUT2D eigenvalue weighted by atomic mass is 35.5. The zero-order valence-corrected chi connectivity index (χ0v) is 17.3.